The van der Waals surface area contributed by atoms with Gasteiger partial charge in [0.15, 0.2) is 11.1 Å². The number of hydrogen-bond donors (Lipinski definition) is 0. The van der Waals surface area contributed by atoms with E-state index in [1.165, 1.54) is 11.1 Å². The maximum atomic E-state index is 5.31. The molecule has 2 heterocycles. The van der Waals surface area contributed by atoms with E-state index in [1.54, 1.807) is 0 Å². The third-order valence-corrected chi connectivity index (χ3v) is 3.14. The van der Waals surface area contributed by atoms with Gasteiger partial charge in [0.05, 0.1) is 5.69 Å². The van der Waals surface area contributed by atoms with Gasteiger partial charge in [0.1, 0.15) is 0 Å². The minimum absolute atomic E-state index is 0.752. The molecular weight excluding hydrogens is 248 g/mol. The monoisotopic (exact) mass is 258 g/mol. The fourth-order valence-electron chi connectivity index (χ4n) is 1.69. The number of benzene rings is 1. The highest BCUT2D eigenvalue weighted by Gasteiger charge is 2.02. The van der Waals surface area contributed by atoms with Gasteiger partial charge in [-0.3, -0.25) is 4.57 Å². The molecule has 0 aliphatic heterocycles. The van der Waals surface area contributed by atoms with Crippen LogP contribution in [-0.2, 0) is 7.05 Å². The molecule has 90 valence electrons. The van der Waals surface area contributed by atoms with Crippen LogP contribution in [0.25, 0.3) is 11.4 Å². The summed E-state index contributed by atoms with van der Waals surface area (Å²) in [5.41, 5.74) is 1.86. The average molecular weight is 258 g/mol. The molecule has 0 saturated heterocycles. The molecule has 0 fully saturated rings. The maximum Gasteiger partial charge on any atom is 0.184 e. The molecule has 6 nitrogen and oxygen atoms in total. The molecule has 7 heteroatoms. The number of rotatable bonds is 2. The van der Waals surface area contributed by atoms with Gasteiger partial charge in [-0.05, 0) is 41.7 Å². The summed E-state index contributed by atoms with van der Waals surface area (Å²) in [6.45, 7) is 0. The molecule has 1 aromatic carbocycles. The third-order valence-electron chi connectivity index (χ3n) is 2.65. The Balaban J connectivity index is 2.01. The second-order valence-corrected chi connectivity index (χ2v) is 4.17. The van der Waals surface area contributed by atoms with Crippen molar-refractivity contribution in [3.63, 3.8) is 0 Å². The first-order valence-electron chi connectivity index (χ1n) is 5.33. The molecule has 0 radical (unpaired) electrons. The predicted octanol–water partition coefficient (Wildman–Crippen LogP) is 1.52. The van der Waals surface area contributed by atoms with Gasteiger partial charge >= 0.3 is 0 Å². The van der Waals surface area contributed by atoms with Crippen LogP contribution >= 0.6 is 12.2 Å². The molecule has 3 rings (SSSR count). The second kappa shape index (κ2) is 4.19. The first kappa shape index (κ1) is 10.8. The smallest absolute Gasteiger partial charge is 0.184 e. The highest BCUT2D eigenvalue weighted by atomic mass is 32.1. The van der Waals surface area contributed by atoms with E-state index in [0.717, 1.165) is 16.1 Å². The molecule has 2 aromatic heterocycles. The van der Waals surface area contributed by atoms with E-state index >= 15 is 0 Å². The molecule has 0 amide bonds. The molecule has 0 aliphatic carbocycles. The molecule has 0 atom stereocenters. The summed E-state index contributed by atoms with van der Waals surface area (Å²) < 4.78 is 4.58. The van der Waals surface area contributed by atoms with Crippen LogP contribution in [0.2, 0.25) is 0 Å². The predicted molar refractivity (Wildman–Crippen MR) is 68.3 cm³/mol. The summed E-state index contributed by atoms with van der Waals surface area (Å²) in [5.74, 6) is 0. The second-order valence-electron chi connectivity index (χ2n) is 3.80. The van der Waals surface area contributed by atoms with Crippen LogP contribution in [0, 0.1) is 4.77 Å². The summed E-state index contributed by atoms with van der Waals surface area (Å²) in [7, 11) is 1.92. The van der Waals surface area contributed by atoms with E-state index in [2.05, 4.69) is 15.4 Å². The maximum absolute atomic E-state index is 5.31. The van der Waals surface area contributed by atoms with Gasteiger partial charge in [-0.25, -0.2) is 0 Å². The summed E-state index contributed by atoms with van der Waals surface area (Å²) in [6, 6.07) is 7.78. The Bertz CT molecular complexity index is 707. The summed E-state index contributed by atoms with van der Waals surface area (Å²) in [5, 5.41) is 11.5. The van der Waals surface area contributed by atoms with Crippen molar-refractivity contribution in [1.82, 2.24) is 29.3 Å². The molecule has 0 aliphatic rings. The van der Waals surface area contributed by atoms with E-state index in [0.29, 0.717) is 0 Å². The van der Waals surface area contributed by atoms with Gasteiger partial charge in [-0.15, -0.1) is 15.0 Å². The first-order valence-corrected chi connectivity index (χ1v) is 5.74. The standard InChI is InChI=1S/C11H10N6S/c1-15-6-7-16(11(15)18)9-2-4-10(5-3-9)17-13-8-12-14-17/h2-8H,1H3. The van der Waals surface area contributed by atoms with Crippen LogP contribution < -0.4 is 0 Å². The van der Waals surface area contributed by atoms with E-state index in [-0.39, 0.29) is 0 Å². The Kier molecular flexibility index (Phi) is 2.52. The zero-order valence-electron chi connectivity index (χ0n) is 9.63. The Morgan fingerprint density at radius 1 is 1.06 bits per heavy atom. The lowest BCUT2D eigenvalue weighted by Crippen LogP contribution is -2.00. The number of tetrazole rings is 1. The van der Waals surface area contributed by atoms with Gasteiger partial charge in [0.2, 0.25) is 0 Å². The van der Waals surface area contributed by atoms with Crippen LogP contribution in [0.4, 0.5) is 0 Å². The molecule has 0 saturated carbocycles. The summed E-state index contributed by atoms with van der Waals surface area (Å²) in [4.78, 5) is 1.47. The van der Waals surface area contributed by atoms with E-state index in [1.807, 2.05) is 52.8 Å². The lowest BCUT2D eigenvalue weighted by Gasteiger charge is -2.04. The first-order chi connectivity index (χ1) is 8.75. The largest absolute Gasteiger partial charge is 0.327 e. The Hall–Kier alpha value is -2.28. The van der Waals surface area contributed by atoms with Crippen molar-refractivity contribution in [2.24, 2.45) is 7.05 Å². The van der Waals surface area contributed by atoms with Crippen molar-refractivity contribution in [2.45, 2.75) is 0 Å². The molecule has 0 N–H and O–H groups in total. The van der Waals surface area contributed by atoms with Crippen LogP contribution in [0.1, 0.15) is 0 Å². The van der Waals surface area contributed by atoms with Crippen molar-refractivity contribution in [1.29, 1.82) is 0 Å². The molecule has 18 heavy (non-hydrogen) atoms. The van der Waals surface area contributed by atoms with Crippen LogP contribution in [0.5, 0.6) is 0 Å². The number of aromatic nitrogens is 6. The third kappa shape index (κ3) is 1.74. The zero-order chi connectivity index (χ0) is 12.5. The van der Waals surface area contributed by atoms with Crippen LogP contribution in [0.3, 0.4) is 0 Å². The van der Waals surface area contributed by atoms with Gasteiger partial charge in [0.25, 0.3) is 0 Å². The number of nitrogens with zero attached hydrogens (tertiary/aromatic N) is 6. The average Bonchev–Trinajstić information content (AvgIpc) is 3.02. The van der Waals surface area contributed by atoms with Crippen LogP contribution in [0.15, 0.2) is 43.0 Å². The van der Waals surface area contributed by atoms with E-state index in [4.69, 9.17) is 12.2 Å². The van der Waals surface area contributed by atoms with Gasteiger partial charge < -0.3 is 4.57 Å². The molecule has 0 bridgehead atoms. The minimum Gasteiger partial charge on any atom is -0.327 e. The van der Waals surface area contributed by atoms with Gasteiger partial charge in [-0.1, -0.05) is 0 Å². The topological polar surface area (TPSA) is 53.5 Å². The normalized spacial score (nSPS) is 10.7. The highest BCUT2D eigenvalue weighted by molar-refractivity contribution is 7.71. The fourth-order valence-corrected chi connectivity index (χ4v) is 1.92. The van der Waals surface area contributed by atoms with Crippen molar-refractivity contribution in [3.05, 3.63) is 47.8 Å². The van der Waals surface area contributed by atoms with Crippen molar-refractivity contribution < 1.29 is 0 Å². The molecule has 3 aromatic rings. The van der Waals surface area contributed by atoms with E-state index in [9.17, 15) is 0 Å². The lowest BCUT2D eigenvalue weighted by molar-refractivity contribution is 0.719. The highest BCUT2D eigenvalue weighted by Crippen LogP contribution is 2.12. The minimum atomic E-state index is 0.752. The number of hydrogen-bond acceptors (Lipinski definition) is 4. The fraction of sp³-hybridized carbons (Fsp3) is 0.0909. The zero-order valence-corrected chi connectivity index (χ0v) is 10.4. The Morgan fingerprint density at radius 2 is 1.78 bits per heavy atom. The summed E-state index contributed by atoms with van der Waals surface area (Å²) in [6.07, 6.45) is 5.27. The molecule has 0 spiro atoms. The van der Waals surface area contributed by atoms with Crippen LogP contribution in [-0.4, -0.2) is 29.3 Å². The Labute approximate surface area is 108 Å². The van der Waals surface area contributed by atoms with Crippen molar-refractivity contribution in [3.8, 4) is 11.4 Å². The van der Waals surface area contributed by atoms with Crippen molar-refractivity contribution >= 4 is 12.2 Å². The summed E-state index contributed by atoms with van der Waals surface area (Å²) >= 11 is 5.31. The molecular formula is C11H10N6S. The quantitative estimate of drug-likeness (QED) is 0.654. The van der Waals surface area contributed by atoms with E-state index < -0.39 is 0 Å². The molecule has 0 unspecified atom stereocenters. The lowest BCUT2D eigenvalue weighted by atomic mass is 10.3. The number of aryl methyl sites for hydroxylation is 1. The SMILES string of the molecule is Cn1ccn(-c2ccc(-n3ncnn3)cc2)c1=S. The Morgan fingerprint density at radius 3 is 2.33 bits per heavy atom. The van der Waals surface area contributed by atoms with Gasteiger partial charge in [-0.2, -0.15) is 0 Å². The number of imidazole rings is 1. The van der Waals surface area contributed by atoms with Crippen molar-refractivity contribution in [2.75, 3.05) is 0 Å². The van der Waals surface area contributed by atoms with Gasteiger partial charge in [0, 0.05) is 25.1 Å².